The van der Waals surface area contributed by atoms with Crippen molar-refractivity contribution in [1.82, 2.24) is 0 Å². The van der Waals surface area contributed by atoms with Crippen LogP contribution >= 0.6 is 0 Å². The van der Waals surface area contributed by atoms with Crippen molar-refractivity contribution in [3.8, 4) is 12.1 Å². The van der Waals surface area contributed by atoms with Gasteiger partial charge in [0, 0.05) is 0 Å². The first-order valence-electron chi connectivity index (χ1n) is 7.31. The molecule has 7 heteroatoms. The van der Waals surface area contributed by atoms with E-state index in [9.17, 15) is 17.6 Å². The molecule has 0 heterocycles. The van der Waals surface area contributed by atoms with Crippen LogP contribution in [0.3, 0.4) is 0 Å². The smallest absolute Gasteiger partial charge is 0.176 e. The Kier molecular flexibility index (Phi) is 6.10. The number of benzene rings is 2. The topological polar surface area (TPSA) is 56.8 Å². The van der Waals surface area contributed by atoms with E-state index in [1.54, 1.807) is 12.1 Å². The fourth-order valence-electron chi connectivity index (χ4n) is 2.20. The Bertz CT molecular complexity index is 797. The van der Waals surface area contributed by atoms with E-state index in [0.29, 0.717) is 0 Å². The van der Waals surface area contributed by atoms with Crippen molar-refractivity contribution < 1.29 is 22.3 Å². The third kappa shape index (κ3) is 4.14. The van der Waals surface area contributed by atoms with Crippen LogP contribution in [0.25, 0.3) is 0 Å². The first-order chi connectivity index (χ1) is 12.0. The molecule has 0 fully saturated rings. The lowest BCUT2D eigenvalue weighted by Gasteiger charge is -2.08. The van der Waals surface area contributed by atoms with Gasteiger partial charge in [-0.05, 0) is 36.1 Å². The summed E-state index contributed by atoms with van der Waals surface area (Å²) < 4.78 is 59.6. The molecule has 2 aromatic carbocycles. The maximum atomic E-state index is 13.7. The van der Waals surface area contributed by atoms with Crippen molar-refractivity contribution in [2.24, 2.45) is 0 Å². The number of nitriles is 2. The summed E-state index contributed by atoms with van der Waals surface area (Å²) in [6.45, 7) is 0.0886. The first kappa shape index (κ1) is 18.4. The van der Waals surface area contributed by atoms with Crippen LogP contribution in [0.4, 0.5) is 17.6 Å². The molecule has 0 atom stereocenters. The number of nitrogens with zero attached hydrogens (tertiary/aromatic N) is 2. The van der Waals surface area contributed by atoms with Crippen molar-refractivity contribution in [2.75, 3.05) is 13.2 Å². The molecule has 0 saturated carbocycles. The summed E-state index contributed by atoms with van der Waals surface area (Å²) in [5, 5.41) is 17.2. The summed E-state index contributed by atoms with van der Waals surface area (Å²) in [6, 6.07) is 8.06. The molecule has 0 N–H and O–H groups in total. The summed E-state index contributed by atoms with van der Waals surface area (Å²) in [5.74, 6) is -4.59. The van der Waals surface area contributed by atoms with E-state index >= 15 is 0 Å². The van der Waals surface area contributed by atoms with Crippen LogP contribution in [0, 0.1) is 45.9 Å². The van der Waals surface area contributed by atoms with Crippen LogP contribution in [0.1, 0.15) is 22.3 Å². The van der Waals surface area contributed by atoms with Crippen molar-refractivity contribution >= 4 is 0 Å². The second-order valence-electron chi connectivity index (χ2n) is 5.14. The summed E-state index contributed by atoms with van der Waals surface area (Å²) in [6.07, 6.45) is 0.136. The summed E-state index contributed by atoms with van der Waals surface area (Å²) in [5.41, 5.74) is -0.625. The van der Waals surface area contributed by atoms with Gasteiger partial charge in [-0.15, -0.1) is 0 Å². The minimum absolute atomic E-state index is 0.0443. The van der Waals surface area contributed by atoms with Gasteiger partial charge >= 0.3 is 0 Å². The van der Waals surface area contributed by atoms with Crippen LogP contribution in [-0.2, 0) is 17.6 Å². The molecule has 2 aromatic rings. The van der Waals surface area contributed by atoms with Crippen LogP contribution in [0.15, 0.2) is 24.3 Å². The van der Waals surface area contributed by atoms with Gasteiger partial charge in [0.25, 0.3) is 0 Å². The molecule has 0 bridgehead atoms. The second kappa shape index (κ2) is 8.27. The fourth-order valence-corrected chi connectivity index (χ4v) is 2.20. The Labute approximate surface area is 141 Å². The molecule has 0 unspecified atom stereocenters. The van der Waals surface area contributed by atoms with E-state index in [0.717, 1.165) is 0 Å². The van der Waals surface area contributed by atoms with Gasteiger partial charge in [0.1, 0.15) is 12.1 Å². The van der Waals surface area contributed by atoms with Crippen LogP contribution in [0.2, 0.25) is 0 Å². The van der Waals surface area contributed by atoms with Crippen molar-refractivity contribution in [3.63, 3.8) is 0 Å². The third-order valence-corrected chi connectivity index (χ3v) is 3.60. The summed E-state index contributed by atoms with van der Waals surface area (Å²) in [4.78, 5) is 0. The normalized spacial score (nSPS) is 10.3. The molecule has 25 heavy (non-hydrogen) atoms. The molecule has 3 nitrogen and oxygen atoms in total. The highest BCUT2D eigenvalue weighted by molar-refractivity contribution is 5.35. The molecule has 0 saturated heterocycles. The van der Waals surface area contributed by atoms with E-state index in [1.165, 1.54) is 24.3 Å². The van der Waals surface area contributed by atoms with Crippen LogP contribution in [0.5, 0.6) is 0 Å². The monoisotopic (exact) mass is 348 g/mol. The number of hydrogen-bond acceptors (Lipinski definition) is 3. The molecule has 2 rings (SSSR count). The predicted molar refractivity (Wildman–Crippen MR) is 80.4 cm³/mol. The molecule has 128 valence electrons. The number of rotatable bonds is 6. The number of hydrogen-bond donors (Lipinski definition) is 0. The molecule has 0 aromatic heterocycles. The lowest BCUT2D eigenvalue weighted by molar-refractivity contribution is 0.139. The Morgan fingerprint density at radius 1 is 0.680 bits per heavy atom. The molecule has 0 aliphatic carbocycles. The minimum atomic E-state index is -1.20. The molecule has 0 amide bonds. The maximum Gasteiger partial charge on any atom is 0.176 e. The van der Waals surface area contributed by atoms with Gasteiger partial charge in [0.05, 0.1) is 24.3 Å². The highest BCUT2D eigenvalue weighted by atomic mass is 19.2. The van der Waals surface area contributed by atoms with Crippen LogP contribution in [-0.4, -0.2) is 13.2 Å². The number of ether oxygens (including phenoxy) is 1. The van der Waals surface area contributed by atoms with Crippen LogP contribution < -0.4 is 0 Å². The van der Waals surface area contributed by atoms with E-state index in [2.05, 4.69) is 0 Å². The Hall–Kier alpha value is -2.90. The predicted octanol–water partition coefficient (Wildman–Crippen LogP) is 3.79. The minimum Gasteiger partial charge on any atom is -0.381 e. The first-order valence-corrected chi connectivity index (χ1v) is 7.31. The largest absolute Gasteiger partial charge is 0.381 e. The van der Waals surface area contributed by atoms with Crippen molar-refractivity contribution in [2.45, 2.75) is 12.8 Å². The Balaban J connectivity index is 1.87. The molecule has 0 radical (unpaired) electrons. The zero-order valence-electron chi connectivity index (χ0n) is 13.0. The maximum absolute atomic E-state index is 13.7. The van der Waals surface area contributed by atoms with Gasteiger partial charge in [0.15, 0.2) is 23.3 Å². The number of halogens is 4. The van der Waals surface area contributed by atoms with Crippen molar-refractivity contribution in [1.29, 1.82) is 10.5 Å². The van der Waals surface area contributed by atoms with E-state index in [1.807, 2.05) is 0 Å². The zero-order chi connectivity index (χ0) is 18.4. The summed E-state index contributed by atoms with van der Waals surface area (Å²) in [7, 11) is 0. The van der Waals surface area contributed by atoms with Gasteiger partial charge in [-0.2, -0.15) is 10.5 Å². The Morgan fingerprint density at radius 3 is 1.44 bits per heavy atom. The van der Waals surface area contributed by atoms with Gasteiger partial charge in [-0.3, -0.25) is 0 Å². The fraction of sp³-hybridized carbons (Fsp3) is 0.222. The van der Waals surface area contributed by atoms with Gasteiger partial charge in [-0.1, -0.05) is 12.1 Å². The average Bonchev–Trinajstić information content (AvgIpc) is 2.62. The molecular weight excluding hydrogens is 336 g/mol. The van der Waals surface area contributed by atoms with Crippen molar-refractivity contribution in [3.05, 3.63) is 69.8 Å². The molecule has 0 aliphatic heterocycles. The third-order valence-electron chi connectivity index (χ3n) is 3.60. The highest BCUT2D eigenvalue weighted by Gasteiger charge is 2.14. The van der Waals surface area contributed by atoms with E-state index in [4.69, 9.17) is 15.3 Å². The lowest BCUT2D eigenvalue weighted by Crippen LogP contribution is -2.07. The molecule has 0 aliphatic rings. The molecule has 0 spiro atoms. The molecular formula is C18H12F4N2O. The summed E-state index contributed by atoms with van der Waals surface area (Å²) >= 11 is 0. The highest BCUT2D eigenvalue weighted by Crippen LogP contribution is 2.18. The van der Waals surface area contributed by atoms with Gasteiger partial charge in [0.2, 0.25) is 0 Å². The van der Waals surface area contributed by atoms with Gasteiger partial charge < -0.3 is 4.74 Å². The standard InChI is InChI=1S/C18H12F4N2O/c19-15-11(1-3-13(9-23)17(15)21)5-7-25-8-6-12-2-4-14(10-24)18(22)16(12)20/h1-4H,5-8H2. The second-order valence-corrected chi connectivity index (χ2v) is 5.14. The quantitative estimate of drug-likeness (QED) is 0.590. The zero-order valence-corrected chi connectivity index (χ0v) is 13.0. The average molecular weight is 348 g/mol. The van der Waals surface area contributed by atoms with E-state index < -0.39 is 23.3 Å². The lowest BCUT2D eigenvalue weighted by atomic mass is 10.1. The Morgan fingerprint density at radius 2 is 1.08 bits per heavy atom. The van der Waals surface area contributed by atoms with Gasteiger partial charge in [-0.25, -0.2) is 17.6 Å². The SMILES string of the molecule is N#Cc1ccc(CCOCCc2ccc(C#N)c(F)c2F)c(F)c1F. The van der Waals surface area contributed by atoms with E-state index in [-0.39, 0.29) is 48.3 Å².